The molecular weight excluding hydrogens is 271 g/mol. The number of pyridine rings is 1. The van der Waals surface area contributed by atoms with Crippen LogP contribution in [0.2, 0.25) is 0 Å². The third kappa shape index (κ3) is 2.35. The minimum atomic E-state index is -0.343. The average molecular weight is 284 g/mol. The van der Waals surface area contributed by atoms with Crippen molar-refractivity contribution < 1.29 is 9.13 Å². The minimum absolute atomic E-state index is 0.343. The standard InChI is InChI=1S/C15H13FN4O/c1-10-18-19-15(12-7-5-9-14(17-12)21-2)20(10)13-8-4-3-6-11(13)16/h3-9H,1-2H3. The molecule has 0 saturated carbocycles. The summed E-state index contributed by atoms with van der Waals surface area (Å²) in [5, 5.41) is 8.14. The fourth-order valence-electron chi connectivity index (χ4n) is 2.10. The number of hydrogen-bond donors (Lipinski definition) is 0. The smallest absolute Gasteiger partial charge is 0.213 e. The van der Waals surface area contributed by atoms with Crippen LogP contribution >= 0.6 is 0 Å². The van der Waals surface area contributed by atoms with E-state index in [4.69, 9.17) is 4.74 Å². The van der Waals surface area contributed by atoms with Gasteiger partial charge in [0.05, 0.1) is 12.8 Å². The second kappa shape index (κ2) is 5.32. The molecule has 2 aromatic heterocycles. The van der Waals surface area contributed by atoms with Crippen molar-refractivity contribution in [2.75, 3.05) is 7.11 Å². The van der Waals surface area contributed by atoms with E-state index in [-0.39, 0.29) is 5.82 Å². The van der Waals surface area contributed by atoms with E-state index in [0.29, 0.717) is 28.9 Å². The van der Waals surface area contributed by atoms with Crippen molar-refractivity contribution >= 4 is 0 Å². The van der Waals surface area contributed by atoms with Gasteiger partial charge in [-0.25, -0.2) is 9.37 Å². The van der Waals surface area contributed by atoms with Crippen molar-refractivity contribution in [1.82, 2.24) is 19.7 Å². The van der Waals surface area contributed by atoms with Gasteiger partial charge >= 0.3 is 0 Å². The lowest BCUT2D eigenvalue weighted by Crippen LogP contribution is -2.03. The normalized spacial score (nSPS) is 10.6. The highest BCUT2D eigenvalue weighted by atomic mass is 19.1. The van der Waals surface area contributed by atoms with Gasteiger partial charge in [-0.1, -0.05) is 18.2 Å². The monoisotopic (exact) mass is 284 g/mol. The zero-order valence-electron chi connectivity index (χ0n) is 11.6. The molecule has 0 N–H and O–H groups in total. The molecule has 0 atom stereocenters. The Hall–Kier alpha value is -2.76. The Bertz CT molecular complexity index is 785. The maximum atomic E-state index is 14.1. The van der Waals surface area contributed by atoms with E-state index in [1.54, 1.807) is 55.0 Å². The second-order valence-electron chi connectivity index (χ2n) is 4.42. The topological polar surface area (TPSA) is 52.8 Å². The first-order valence-electron chi connectivity index (χ1n) is 6.39. The largest absolute Gasteiger partial charge is 0.481 e. The summed E-state index contributed by atoms with van der Waals surface area (Å²) in [4.78, 5) is 4.32. The van der Waals surface area contributed by atoms with Crippen molar-refractivity contribution in [2.45, 2.75) is 6.92 Å². The quantitative estimate of drug-likeness (QED) is 0.742. The number of hydrogen-bond acceptors (Lipinski definition) is 4. The molecule has 0 radical (unpaired) electrons. The van der Waals surface area contributed by atoms with Gasteiger partial charge in [0, 0.05) is 6.07 Å². The van der Waals surface area contributed by atoms with Gasteiger partial charge in [0.25, 0.3) is 0 Å². The van der Waals surface area contributed by atoms with Gasteiger partial charge in [0.1, 0.15) is 17.3 Å². The predicted octanol–water partition coefficient (Wildman–Crippen LogP) is 2.79. The molecule has 2 heterocycles. The van der Waals surface area contributed by atoms with Gasteiger partial charge in [0.2, 0.25) is 5.88 Å². The molecule has 3 rings (SSSR count). The van der Waals surface area contributed by atoms with Gasteiger partial charge in [-0.2, -0.15) is 0 Å². The van der Waals surface area contributed by atoms with Gasteiger partial charge in [-0.05, 0) is 25.1 Å². The molecule has 6 heteroatoms. The zero-order valence-corrected chi connectivity index (χ0v) is 11.6. The van der Waals surface area contributed by atoms with E-state index >= 15 is 0 Å². The number of halogens is 1. The van der Waals surface area contributed by atoms with E-state index in [1.807, 2.05) is 0 Å². The molecule has 0 spiro atoms. The minimum Gasteiger partial charge on any atom is -0.481 e. The molecule has 0 fully saturated rings. The molecule has 21 heavy (non-hydrogen) atoms. The number of benzene rings is 1. The molecule has 0 aliphatic carbocycles. The highest BCUT2D eigenvalue weighted by Gasteiger charge is 2.16. The highest BCUT2D eigenvalue weighted by molar-refractivity contribution is 5.55. The van der Waals surface area contributed by atoms with Crippen molar-refractivity contribution in [3.63, 3.8) is 0 Å². The molecule has 0 aliphatic heterocycles. The number of para-hydroxylation sites is 1. The van der Waals surface area contributed by atoms with E-state index < -0.39 is 0 Å². The van der Waals surface area contributed by atoms with Crippen LogP contribution in [0.5, 0.6) is 5.88 Å². The van der Waals surface area contributed by atoms with Crippen LogP contribution in [0.3, 0.4) is 0 Å². The van der Waals surface area contributed by atoms with E-state index in [0.717, 1.165) is 0 Å². The molecule has 0 aliphatic rings. The molecule has 3 aromatic rings. The summed E-state index contributed by atoms with van der Waals surface area (Å²) in [6.07, 6.45) is 0. The lowest BCUT2D eigenvalue weighted by Gasteiger charge is -2.09. The van der Waals surface area contributed by atoms with Crippen LogP contribution in [0.25, 0.3) is 17.2 Å². The van der Waals surface area contributed by atoms with Gasteiger partial charge in [0.15, 0.2) is 5.82 Å². The summed E-state index contributed by atoms with van der Waals surface area (Å²) >= 11 is 0. The molecule has 5 nitrogen and oxygen atoms in total. The third-order valence-corrected chi connectivity index (χ3v) is 3.08. The Morgan fingerprint density at radius 2 is 1.86 bits per heavy atom. The first kappa shape index (κ1) is 13.2. The fourth-order valence-corrected chi connectivity index (χ4v) is 2.10. The predicted molar refractivity (Wildman–Crippen MR) is 75.8 cm³/mol. The van der Waals surface area contributed by atoms with Gasteiger partial charge in [-0.15, -0.1) is 10.2 Å². The molecule has 106 valence electrons. The lowest BCUT2D eigenvalue weighted by molar-refractivity contribution is 0.398. The van der Waals surface area contributed by atoms with E-state index in [2.05, 4.69) is 15.2 Å². The zero-order chi connectivity index (χ0) is 14.8. The third-order valence-electron chi connectivity index (χ3n) is 3.08. The fraction of sp³-hybridized carbons (Fsp3) is 0.133. The number of nitrogens with zero attached hydrogens (tertiary/aromatic N) is 4. The van der Waals surface area contributed by atoms with Crippen molar-refractivity contribution in [1.29, 1.82) is 0 Å². The second-order valence-corrected chi connectivity index (χ2v) is 4.42. The first-order chi connectivity index (χ1) is 10.2. The van der Waals surface area contributed by atoms with Crippen LogP contribution in [-0.2, 0) is 0 Å². The molecule has 0 saturated heterocycles. The Morgan fingerprint density at radius 1 is 1.05 bits per heavy atom. The summed E-state index contributed by atoms with van der Waals surface area (Å²) in [6.45, 7) is 1.77. The Balaban J connectivity index is 2.20. The number of rotatable bonds is 3. The Kier molecular flexibility index (Phi) is 3.35. The molecule has 0 amide bonds. The van der Waals surface area contributed by atoms with Crippen molar-refractivity contribution in [3.8, 4) is 23.1 Å². The number of methoxy groups -OCH3 is 1. The maximum Gasteiger partial charge on any atom is 0.213 e. The molecular formula is C15H13FN4O. The van der Waals surface area contributed by atoms with Crippen molar-refractivity contribution in [2.24, 2.45) is 0 Å². The van der Waals surface area contributed by atoms with Crippen LogP contribution in [0.4, 0.5) is 4.39 Å². The summed E-state index contributed by atoms with van der Waals surface area (Å²) in [5.74, 6) is 1.18. The molecule has 0 unspecified atom stereocenters. The Morgan fingerprint density at radius 3 is 2.62 bits per heavy atom. The van der Waals surface area contributed by atoms with Gasteiger partial charge in [-0.3, -0.25) is 4.57 Å². The summed E-state index contributed by atoms with van der Waals surface area (Å²) in [6, 6.07) is 11.8. The number of ether oxygens (including phenoxy) is 1. The molecule has 1 aromatic carbocycles. The van der Waals surface area contributed by atoms with Crippen LogP contribution in [0.1, 0.15) is 5.82 Å². The Labute approximate surface area is 121 Å². The van der Waals surface area contributed by atoms with E-state index in [9.17, 15) is 4.39 Å². The van der Waals surface area contributed by atoms with Gasteiger partial charge < -0.3 is 4.74 Å². The van der Waals surface area contributed by atoms with E-state index in [1.165, 1.54) is 6.07 Å². The van der Waals surface area contributed by atoms with Crippen LogP contribution in [0.15, 0.2) is 42.5 Å². The summed E-state index contributed by atoms with van der Waals surface area (Å²) < 4.78 is 20.8. The number of aromatic nitrogens is 4. The number of aryl methyl sites for hydroxylation is 1. The van der Waals surface area contributed by atoms with Crippen LogP contribution in [-0.4, -0.2) is 26.9 Å². The SMILES string of the molecule is COc1cccc(-c2nnc(C)n2-c2ccccc2F)n1. The van der Waals surface area contributed by atoms with Crippen LogP contribution in [0, 0.1) is 12.7 Å². The summed E-state index contributed by atoms with van der Waals surface area (Å²) in [5.41, 5.74) is 0.956. The maximum absolute atomic E-state index is 14.1. The summed E-state index contributed by atoms with van der Waals surface area (Å²) in [7, 11) is 1.54. The highest BCUT2D eigenvalue weighted by Crippen LogP contribution is 2.24. The first-order valence-corrected chi connectivity index (χ1v) is 6.39. The van der Waals surface area contributed by atoms with Crippen LogP contribution < -0.4 is 4.74 Å². The van der Waals surface area contributed by atoms with Crippen molar-refractivity contribution in [3.05, 3.63) is 54.1 Å². The molecule has 0 bridgehead atoms. The lowest BCUT2D eigenvalue weighted by atomic mass is 10.2. The average Bonchev–Trinajstić information content (AvgIpc) is 2.89.